The van der Waals surface area contributed by atoms with E-state index in [4.69, 9.17) is 5.73 Å². The Morgan fingerprint density at radius 1 is 1.18 bits per heavy atom. The van der Waals surface area contributed by atoms with E-state index in [1.54, 1.807) is 18.2 Å². The lowest BCUT2D eigenvalue weighted by Gasteiger charge is -2.16. The summed E-state index contributed by atoms with van der Waals surface area (Å²) in [5.74, 6) is 1.10. The summed E-state index contributed by atoms with van der Waals surface area (Å²) in [6, 6.07) is 6.68. The van der Waals surface area contributed by atoms with E-state index in [1.165, 1.54) is 12.1 Å². The van der Waals surface area contributed by atoms with Crippen molar-refractivity contribution in [3.8, 4) is 11.4 Å². The molecule has 0 atom stereocenters. The van der Waals surface area contributed by atoms with Crippen molar-refractivity contribution in [2.24, 2.45) is 0 Å². The number of halogens is 1. The van der Waals surface area contributed by atoms with Crippen LogP contribution in [0.5, 0.6) is 0 Å². The molecule has 0 unspecified atom stereocenters. The van der Waals surface area contributed by atoms with Crippen LogP contribution in [0.2, 0.25) is 0 Å². The molecule has 144 valence electrons. The average molecular weight is 379 g/mol. The summed E-state index contributed by atoms with van der Waals surface area (Å²) in [5.41, 5.74) is 7.29. The molecule has 0 saturated heterocycles. The highest BCUT2D eigenvalue weighted by atomic mass is 19.1. The molecule has 2 heterocycles. The number of hydrogen-bond acceptors (Lipinski definition) is 5. The van der Waals surface area contributed by atoms with E-state index in [2.05, 4.69) is 15.0 Å². The number of nitrogens with zero attached hydrogens (tertiary/aromatic N) is 4. The van der Waals surface area contributed by atoms with E-state index >= 15 is 0 Å². The molecule has 5 rings (SSSR count). The quantitative estimate of drug-likeness (QED) is 0.718. The summed E-state index contributed by atoms with van der Waals surface area (Å²) in [4.78, 5) is 13.7. The summed E-state index contributed by atoms with van der Waals surface area (Å²) < 4.78 is 15.8. The van der Waals surface area contributed by atoms with Crippen LogP contribution in [0.3, 0.4) is 0 Å². The Labute approximate surface area is 161 Å². The third-order valence-corrected chi connectivity index (χ3v) is 5.59. The molecule has 2 fully saturated rings. The van der Waals surface area contributed by atoms with Crippen LogP contribution in [0.4, 0.5) is 10.2 Å². The summed E-state index contributed by atoms with van der Waals surface area (Å²) in [6.07, 6.45) is 9.14. The highest BCUT2D eigenvalue weighted by Crippen LogP contribution is 2.41. The van der Waals surface area contributed by atoms with E-state index in [0.29, 0.717) is 34.2 Å². The third kappa shape index (κ3) is 3.05. The zero-order valence-corrected chi connectivity index (χ0v) is 15.5. The maximum atomic E-state index is 13.8. The fraction of sp³-hybridized carbons (Fsp3) is 0.381. The number of nitrogen functional groups attached to an aromatic ring is 1. The Hall–Kier alpha value is -2.80. The minimum absolute atomic E-state index is 0.286. The number of anilines is 1. The van der Waals surface area contributed by atoms with E-state index in [-0.39, 0.29) is 11.9 Å². The molecule has 2 aliphatic carbocycles. The van der Waals surface area contributed by atoms with Crippen molar-refractivity contribution < 1.29 is 9.50 Å². The van der Waals surface area contributed by atoms with Gasteiger partial charge in [-0.05, 0) is 50.0 Å². The molecule has 0 spiro atoms. The molecule has 28 heavy (non-hydrogen) atoms. The molecule has 6 nitrogen and oxygen atoms in total. The third-order valence-electron chi connectivity index (χ3n) is 5.59. The number of aliphatic hydroxyl groups is 1. The largest absolute Gasteiger partial charge is 0.386 e. The summed E-state index contributed by atoms with van der Waals surface area (Å²) in [7, 11) is 0. The Kier molecular flexibility index (Phi) is 3.94. The van der Waals surface area contributed by atoms with E-state index in [0.717, 1.165) is 38.5 Å². The molecule has 2 aromatic heterocycles. The van der Waals surface area contributed by atoms with Gasteiger partial charge in [0.1, 0.15) is 11.6 Å². The van der Waals surface area contributed by atoms with Gasteiger partial charge in [-0.2, -0.15) is 0 Å². The molecule has 2 aliphatic rings. The number of hydrogen-bond donors (Lipinski definition) is 2. The van der Waals surface area contributed by atoms with Crippen molar-refractivity contribution in [2.75, 3.05) is 5.73 Å². The Morgan fingerprint density at radius 3 is 2.68 bits per heavy atom. The van der Waals surface area contributed by atoms with Gasteiger partial charge in [-0.3, -0.25) is 0 Å². The monoisotopic (exact) mass is 379 g/mol. The van der Waals surface area contributed by atoms with Gasteiger partial charge in [-0.1, -0.05) is 25.0 Å². The zero-order chi connectivity index (χ0) is 19.3. The van der Waals surface area contributed by atoms with Gasteiger partial charge >= 0.3 is 0 Å². The fourth-order valence-corrected chi connectivity index (χ4v) is 3.98. The van der Waals surface area contributed by atoms with Gasteiger partial charge in [0.25, 0.3) is 0 Å². The Balaban J connectivity index is 1.63. The van der Waals surface area contributed by atoms with Crippen molar-refractivity contribution in [1.82, 2.24) is 19.5 Å². The maximum absolute atomic E-state index is 13.8. The topological polar surface area (TPSA) is 89.8 Å². The molecule has 3 aromatic rings. The Morgan fingerprint density at radius 2 is 1.96 bits per heavy atom. The number of fused-ring (bicyclic) bond motifs is 1. The smallest absolute Gasteiger partial charge is 0.166 e. The lowest BCUT2D eigenvalue weighted by Crippen LogP contribution is -2.19. The van der Waals surface area contributed by atoms with Crippen molar-refractivity contribution in [2.45, 2.75) is 50.2 Å². The maximum Gasteiger partial charge on any atom is 0.166 e. The summed E-state index contributed by atoms with van der Waals surface area (Å²) >= 11 is 0. The first-order valence-electron chi connectivity index (χ1n) is 9.75. The first kappa shape index (κ1) is 17.3. The second-order valence-corrected chi connectivity index (χ2v) is 7.83. The van der Waals surface area contributed by atoms with Gasteiger partial charge in [0.15, 0.2) is 22.8 Å². The first-order chi connectivity index (χ1) is 13.5. The van der Waals surface area contributed by atoms with Crippen LogP contribution in [-0.2, 0) is 0 Å². The molecular formula is C21H22FN5O. The predicted molar refractivity (Wildman–Crippen MR) is 106 cm³/mol. The molecule has 3 N–H and O–H groups in total. The number of rotatable bonds is 4. The predicted octanol–water partition coefficient (Wildman–Crippen LogP) is 3.87. The van der Waals surface area contributed by atoms with Crippen molar-refractivity contribution >= 4 is 23.1 Å². The van der Waals surface area contributed by atoms with Crippen LogP contribution in [0.1, 0.15) is 50.4 Å². The fourth-order valence-electron chi connectivity index (χ4n) is 3.98. The Bertz CT molecular complexity index is 1080. The number of benzene rings is 1. The van der Waals surface area contributed by atoms with E-state index in [9.17, 15) is 9.50 Å². The molecule has 2 saturated carbocycles. The van der Waals surface area contributed by atoms with Crippen molar-refractivity contribution in [3.05, 3.63) is 42.0 Å². The molecule has 7 heteroatoms. The normalized spacial score (nSPS) is 19.1. The first-order valence-corrected chi connectivity index (χ1v) is 9.75. The van der Waals surface area contributed by atoms with Crippen LogP contribution >= 0.6 is 0 Å². The van der Waals surface area contributed by atoms with E-state index in [1.807, 2.05) is 10.6 Å². The average Bonchev–Trinajstić information content (AvgIpc) is 3.29. The summed E-state index contributed by atoms with van der Waals surface area (Å²) in [5, 5.41) is 10.5. The second-order valence-electron chi connectivity index (χ2n) is 7.83. The molecule has 0 radical (unpaired) electrons. The van der Waals surface area contributed by atoms with Crippen LogP contribution in [0, 0.1) is 5.82 Å². The number of nitrogens with two attached hydrogens (primary N) is 1. The van der Waals surface area contributed by atoms with Gasteiger partial charge in [0.05, 0.1) is 5.60 Å². The van der Waals surface area contributed by atoms with Gasteiger partial charge in [0.2, 0.25) is 0 Å². The van der Waals surface area contributed by atoms with Crippen LogP contribution in [-0.4, -0.2) is 30.2 Å². The molecule has 1 aromatic carbocycles. The zero-order valence-electron chi connectivity index (χ0n) is 15.5. The molecular weight excluding hydrogens is 357 g/mol. The second kappa shape index (κ2) is 6.38. The van der Waals surface area contributed by atoms with E-state index < -0.39 is 5.60 Å². The van der Waals surface area contributed by atoms with Gasteiger partial charge < -0.3 is 15.4 Å². The van der Waals surface area contributed by atoms with Gasteiger partial charge in [-0.25, -0.2) is 19.3 Å². The van der Waals surface area contributed by atoms with Crippen molar-refractivity contribution in [3.63, 3.8) is 0 Å². The highest BCUT2D eigenvalue weighted by Gasteiger charge is 2.31. The lowest BCUT2D eigenvalue weighted by molar-refractivity contribution is 0.100. The van der Waals surface area contributed by atoms with Crippen LogP contribution in [0.15, 0.2) is 30.3 Å². The molecule has 0 bridgehead atoms. The number of imidazole rings is 1. The lowest BCUT2D eigenvalue weighted by atomic mass is 10.0. The summed E-state index contributed by atoms with van der Waals surface area (Å²) in [6.45, 7) is 0. The van der Waals surface area contributed by atoms with Gasteiger partial charge in [-0.15, -0.1) is 0 Å². The number of aromatic nitrogens is 4. The molecule has 0 aliphatic heterocycles. The van der Waals surface area contributed by atoms with Crippen molar-refractivity contribution in [1.29, 1.82) is 0 Å². The van der Waals surface area contributed by atoms with Gasteiger partial charge in [0, 0.05) is 11.6 Å². The SMILES string of the molecule is Nc1nc(C=CC2(O)CCCC2)nc2c1nc(-c1cccc(F)c1)n2C1CC1. The van der Waals surface area contributed by atoms with Crippen LogP contribution < -0.4 is 5.73 Å². The highest BCUT2D eigenvalue weighted by molar-refractivity contribution is 5.86. The standard InChI is InChI=1S/C21H22FN5O/c22-14-5-3-4-13(12-14)19-26-17-18(23)24-16(8-11-21(28)9-1-2-10-21)25-20(17)27(19)15-6-7-15/h3-5,8,11-12,15,28H,1-2,6-7,9-10H2,(H2,23,24,25). The van der Waals surface area contributed by atoms with Crippen LogP contribution in [0.25, 0.3) is 28.6 Å². The molecule has 0 amide bonds. The minimum Gasteiger partial charge on any atom is -0.386 e. The minimum atomic E-state index is -0.781.